The fraction of sp³-hybridized carbons (Fsp3) is 0.222. The third-order valence-corrected chi connectivity index (χ3v) is 9.64. The maximum absolute atomic E-state index is 15.1. The summed E-state index contributed by atoms with van der Waals surface area (Å²) in [6, 6.07) is 24.9. The average molecular weight is 631 g/mol. The van der Waals surface area contributed by atoms with Gasteiger partial charge in [-0.3, -0.25) is 0 Å². The highest BCUT2D eigenvalue weighted by Gasteiger charge is 2.36. The van der Waals surface area contributed by atoms with E-state index in [1.165, 1.54) is 14.2 Å². The number of hydrogen-bond donors (Lipinski definition) is 0. The lowest BCUT2D eigenvalue weighted by molar-refractivity contribution is 0.392. The van der Waals surface area contributed by atoms with Crippen LogP contribution in [0.1, 0.15) is 32.8 Å². The smallest absolute Gasteiger partial charge is 0.171 e. The fourth-order valence-corrected chi connectivity index (χ4v) is 7.21. The van der Waals surface area contributed by atoms with Crippen LogP contribution >= 0.6 is 0 Å². The zero-order valence-corrected chi connectivity index (χ0v) is 27.0. The Hall–Kier alpha value is -4.89. The second kappa shape index (κ2) is 15.2. The van der Waals surface area contributed by atoms with Crippen molar-refractivity contribution >= 4 is 22.0 Å². The van der Waals surface area contributed by atoms with E-state index in [2.05, 4.69) is 0 Å². The highest BCUT2D eigenvalue weighted by atomic mass is 32.2. The predicted octanol–water partition coefficient (Wildman–Crippen LogP) is 7.36. The minimum atomic E-state index is -4.15. The first-order valence-corrected chi connectivity index (χ1v) is 15.7. The molecule has 9 heteroatoms. The van der Waals surface area contributed by atoms with Crippen LogP contribution < -0.4 is 28.4 Å². The summed E-state index contributed by atoms with van der Waals surface area (Å²) < 4.78 is 63.8. The number of hydrogen-bond acceptors (Lipinski definition) is 8. The topological polar surface area (TPSA) is 89.5 Å². The molecule has 0 heterocycles. The van der Waals surface area contributed by atoms with Gasteiger partial charge in [0.15, 0.2) is 9.84 Å². The van der Waals surface area contributed by atoms with E-state index in [-0.39, 0.29) is 0 Å². The Morgan fingerprint density at radius 3 is 1.04 bits per heavy atom. The van der Waals surface area contributed by atoms with E-state index in [1.807, 2.05) is 0 Å². The van der Waals surface area contributed by atoms with E-state index in [1.54, 1.807) is 138 Å². The van der Waals surface area contributed by atoms with Gasteiger partial charge in [-0.1, -0.05) is 60.7 Å². The van der Waals surface area contributed by atoms with Crippen molar-refractivity contribution in [1.82, 2.24) is 0 Å². The molecule has 236 valence electrons. The zero-order valence-electron chi connectivity index (χ0n) is 26.2. The van der Waals surface area contributed by atoms with Gasteiger partial charge in [0, 0.05) is 11.1 Å². The van der Waals surface area contributed by atoms with E-state index >= 15 is 8.42 Å². The lowest BCUT2D eigenvalue weighted by atomic mass is 10.1. The number of sulfone groups is 1. The summed E-state index contributed by atoms with van der Waals surface area (Å²) in [5.74, 6) is 2.99. The highest BCUT2D eigenvalue weighted by Crippen LogP contribution is 2.44. The third kappa shape index (κ3) is 7.10. The minimum Gasteiger partial charge on any atom is -0.496 e. The molecule has 0 radical (unpaired) electrons. The van der Waals surface area contributed by atoms with Crippen LogP contribution in [0.3, 0.4) is 0 Å². The predicted molar refractivity (Wildman–Crippen MR) is 178 cm³/mol. The molecule has 4 aromatic rings. The SMILES string of the molecule is COc1ccccc1C(C=Cc1c(OC)cccc1OC)S(=O)(=O)C(C=Cc1c(OC)cccc1OC)c1ccccc1OC. The number of rotatable bonds is 14. The Balaban J connectivity index is 1.99. The molecule has 0 spiro atoms. The molecule has 2 unspecified atom stereocenters. The van der Waals surface area contributed by atoms with E-state index < -0.39 is 20.3 Å². The first-order chi connectivity index (χ1) is 21.8. The van der Waals surface area contributed by atoms with Gasteiger partial charge < -0.3 is 28.4 Å². The summed E-state index contributed by atoms with van der Waals surface area (Å²) in [5.41, 5.74) is 2.13. The summed E-state index contributed by atoms with van der Waals surface area (Å²) in [5, 5.41) is -2.33. The largest absolute Gasteiger partial charge is 0.496 e. The van der Waals surface area contributed by atoms with E-state index in [0.29, 0.717) is 56.8 Å². The zero-order chi connectivity index (χ0) is 32.4. The molecule has 4 rings (SSSR count). The first kappa shape index (κ1) is 33.0. The standard InChI is InChI=1S/C36H38O8S/c1-39-29-17-11-18-30(40-2)25(29)21-23-35(27-13-7-9-15-33(27)43-5)45(37,38)36(28-14-8-10-16-34(28)44-6)24-22-26-31(41-3)19-12-20-32(26)42-4/h7-24,35-36H,1-6H3. The fourth-order valence-electron chi connectivity index (χ4n) is 5.20. The van der Waals surface area contributed by atoms with Crippen molar-refractivity contribution in [2.45, 2.75) is 10.5 Å². The van der Waals surface area contributed by atoms with Crippen molar-refractivity contribution in [3.8, 4) is 34.5 Å². The summed E-state index contributed by atoms with van der Waals surface area (Å²) in [7, 11) is 5.08. The molecule has 0 bridgehead atoms. The van der Waals surface area contributed by atoms with Crippen LogP contribution in [0.2, 0.25) is 0 Å². The van der Waals surface area contributed by atoms with Gasteiger partial charge >= 0.3 is 0 Å². The van der Waals surface area contributed by atoms with Crippen molar-refractivity contribution in [2.75, 3.05) is 42.7 Å². The normalized spacial score (nSPS) is 12.9. The monoisotopic (exact) mass is 630 g/mol. The minimum absolute atomic E-state index is 0.428. The molecule has 0 N–H and O–H groups in total. The Morgan fingerprint density at radius 2 is 0.733 bits per heavy atom. The van der Waals surface area contributed by atoms with Crippen LogP contribution in [0.5, 0.6) is 34.5 Å². The first-order valence-electron chi connectivity index (χ1n) is 14.1. The van der Waals surface area contributed by atoms with E-state index in [9.17, 15) is 0 Å². The number of para-hydroxylation sites is 2. The average Bonchev–Trinajstić information content (AvgIpc) is 3.08. The van der Waals surface area contributed by atoms with Crippen molar-refractivity contribution in [3.05, 3.63) is 119 Å². The van der Waals surface area contributed by atoms with Gasteiger partial charge in [0.25, 0.3) is 0 Å². The Kier molecular flexibility index (Phi) is 11.2. The number of benzene rings is 4. The molecule has 0 amide bonds. The molecule has 0 saturated heterocycles. The number of ether oxygens (including phenoxy) is 6. The molecule has 0 aliphatic carbocycles. The van der Waals surface area contributed by atoms with Gasteiger partial charge in [-0.15, -0.1) is 0 Å². The van der Waals surface area contributed by atoms with Crippen molar-refractivity contribution in [2.24, 2.45) is 0 Å². The summed E-state index contributed by atoms with van der Waals surface area (Å²) in [6.07, 6.45) is 6.68. The van der Waals surface area contributed by atoms with Crippen LogP contribution in [0.4, 0.5) is 0 Å². The Morgan fingerprint density at radius 1 is 0.444 bits per heavy atom. The molecular weight excluding hydrogens is 592 g/mol. The summed E-state index contributed by atoms with van der Waals surface area (Å²) in [4.78, 5) is 0. The Labute approximate surface area is 265 Å². The van der Waals surface area contributed by atoms with Gasteiger partial charge in [0.05, 0.1) is 53.8 Å². The van der Waals surface area contributed by atoms with Crippen LogP contribution in [-0.2, 0) is 9.84 Å². The lowest BCUT2D eigenvalue weighted by Crippen LogP contribution is -2.20. The third-order valence-electron chi connectivity index (χ3n) is 7.41. The summed E-state index contributed by atoms with van der Waals surface area (Å²) >= 11 is 0. The number of methoxy groups -OCH3 is 6. The van der Waals surface area contributed by atoms with Gasteiger partial charge in [-0.05, 0) is 48.6 Å². The van der Waals surface area contributed by atoms with Crippen LogP contribution in [0.25, 0.3) is 12.2 Å². The quantitative estimate of drug-likeness (QED) is 0.143. The second-order valence-corrected chi connectivity index (χ2v) is 12.0. The molecule has 0 aliphatic heterocycles. The molecule has 4 aromatic carbocycles. The maximum Gasteiger partial charge on any atom is 0.171 e. The van der Waals surface area contributed by atoms with Crippen LogP contribution in [0, 0.1) is 0 Å². The van der Waals surface area contributed by atoms with E-state index in [4.69, 9.17) is 28.4 Å². The molecule has 0 fully saturated rings. The molecule has 0 aromatic heterocycles. The van der Waals surface area contributed by atoms with Crippen LogP contribution in [0.15, 0.2) is 97.1 Å². The molecule has 0 saturated carbocycles. The maximum atomic E-state index is 15.1. The van der Waals surface area contributed by atoms with Crippen LogP contribution in [-0.4, -0.2) is 51.1 Å². The summed E-state index contributed by atoms with van der Waals surface area (Å²) in [6.45, 7) is 0. The van der Waals surface area contributed by atoms with Crippen molar-refractivity contribution in [3.63, 3.8) is 0 Å². The van der Waals surface area contributed by atoms with Gasteiger partial charge in [-0.25, -0.2) is 8.42 Å². The second-order valence-electron chi connectivity index (χ2n) is 9.78. The Bertz CT molecular complexity index is 1590. The van der Waals surface area contributed by atoms with Gasteiger partial charge in [0.1, 0.15) is 45.0 Å². The molecule has 0 aliphatic rings. The van der Waals surface area contributed by atoms with E-state index in [0.717, 1.165) is 0 Å². The molecule has 45 heavy (non-hydrogen) atoms. The van der Waals surface area contributed by atoms with Gasteiger partial charge in [-0.2, -0.15) is 0 Å². The molecular formula is C36H38O8S. The highest BCUT2D eigenvalue weighted by molar-refractivity contribution is 7.92. The molecule has 8 nitrogen and oxygen atoms in total. The molecule has 2 atom stereocenters. The van der Waals surface area contributed by atoms with Crippen molar-refractivity contribution < 1.29 is 36.8 Å². The van der Waals surface area contributed by atoms with Crippen molar-refractivity contribution in [1.29, 1.82) is 0 Å². The van der Waals surface area contributed by atoms with Gasteiger partial charge in [0.2, 0.25) is 0 Å². The lowest BCUT2D eigenvalue weighted by Gasteiger charge is -2.24.